The van der Waals surface area contributed by atoms with Crippen LogP contribution in [-0.2, 0) is 0 Å². The van der Waals surface area contributed by atoms with E-state index in [1.54, 1.807) is 0 Å². The Labute approximate surface area is 79.6 Å². The number of hydrogen-bond donors (Lipinski definition) is 0. The predicted molar refractivity (Wildman–Crippen MR) is 55.0 cm³/mol. The van der Waals surface area contributed by atoms with Gasteiger partial charge in [-0.2, -0.15) is 0 Å². The van der Waals surface area contributed by atoms with E-state index >= 15 is 0 Å². The molecule has 70 valence electrons. The summed E-state index contributed by atoms with van der Waals surface area (Å²) < 4.78 is 0. The van der Waals surface area contributed by atoms with E-state index in [0.717, 1.165) is 24.8 Å². The Morgan fingerprint density at radius 3 is 3.00 bits per heavy atom. The van der Waals surface area contributed by atoms with E-state index in [9.17, 15) is 0 Å². The van der Waals surface area contributed by atoms with Crippen LogP contribution in [0.25, 0.3) is 0 Å². The summed E-state index contributed by atoms with van der Waals surface area (Å²) in [6.45, 7) is 6.74. The van der Waals surface area contributed by atoms with Crippen LogP contribution in [0.2, 0.25) is 0 Å². The van der Waals surface area contributed by atoms with Crippen molar-refractivity contribution >= 4 is 5.82 Å². The second-order valence-corrected chi connectivity index (χ2v) is 4.03. The third-order valence-electron chi connectivity index (χ3n) is 2.65. The summed E-state index contributed by atoms with van der Waals surface area (Å²) in [5.41, 5.74) is 1.30. The molecule has 0 spiro atoms. The molecule has 1 aliphatic heterocycles. The van der Waals surface area contributed by atoms with Gasteiger partial charge in [-0.05, 0) is 37.0 Å². The molecule has 1 saturated heterocycles. The molecule has 0 amide bonds. The van der Waals surface area contributed by atoms with Gasteiger partial charge in [0.15, 0.2) is 0 Å². The number of anilines is 1. The van der Waals surface area contributed by atoms with Gasteiger partial charge < -0.3 is 4.90 Å². The second-order valence-electron chi connectivity index (χ2n) is 4.03. The van der Waals surface area contributed by atoms with Crippen molar-refractivity contribution in [2.75, 3.05) is 18.0 Å². The van der Waals surface area contributed by atoms with Gasteiger partial charge in [-0.1, -0.05) is 6.92 Å². The fourth-order valence-electron chi connectivity index (χ4n) is 1.84. The zero-order valence-corrected chi connectivity index (χ0v) is 8.33. The van der Waals surface area contributed by atoms with Gasteiger partial charge in [0.25, 0.3) is 0 Å². The standard InChI is InChI=1S/C11H16N2/c1-9-3-5-12-11(7-9)13-6-4-10(2)8-13/h3,5,7,10H,4,6,8H2,1-2H3/t10-/m0/s1. The Bertz CT molecular complexity index is 296. The second kappa shape index (κ2) is 3.36. The maximum absolute atomic E-state index is 4.38. The van der Waals surface area contributed by atoms with Crippen molar-refractivity contribution in [3.05, 3.63) is 23.9 Å². The minimum atomic E-state index is 0.822. The Morgan fingerprint density at radius 2 is 2.38 bits per heavy atom. The van der Waals surface area contributed by atoms with Gasteiger partial charge in [0.2, 0.25) is 0 Å². The lowest BCUT2D eigenvalue weighted by atomic mass is 10.2. The molecular formula is C11H16N2. The molecule has 1 aromatic heterocycles. The maximum atomic E-state index is 4.38. The fraction of sp³-hybridized carbons (Fsp3) is 0.545. The van der Waals surface area contributed by atoms with Crippen LogP contribution in [0.4, 0.5) is 5.82 Å². The first kappa shape index (κ1) is 8.54. The molecule has 1 aromatic rings. The topological polar surface area (TPSA) is 16.1 Å². The number of pyridine rings is 1. The van der Waals surface area contributed by atoms with E-state index in [0.29, 0.717) is 0 Å². The molecule has 2 nitrogen and oxygen atoms in total. The Morgan fingerprint density at radius 1 is 1.54 bits per heavy atom. The average Bonchev–Trinajstić information content (AvgIpc) is 2.52. The summed E-state index contributed by atoms with van der Waals surface area (Å²) in [4.78, 5) is 6.75. The third-order valence-corrected chi connectivity index (χ3v) is 2.65. The highest BCUT2D eigenvalue weighted by molar-refractivity contribution is 5.41. The molecule has 13 heavy (non-hydrogen) atoms. The molecule has 0 unspecified atom stereocenters. The van der Waals surface area contributed by atoms with Crippen LogP contribution >= 0.6 is 0 Å². The molecule has 0 radical (unpaired) electrons. The van der Waals surface area contributed by atoms with Gasteiger partial charge in [-0.15, -0.1) is 0 Å². The number of aryl methyl sites for hydroxylation is 1. The molecule has 0 saturated carbocycles. The number of rotatable bonds is 1. The van der Waals surface area contributed by atoms with Gasteiger partial charge in [-0.3, -0.25) is 0 Å². The van der Waals surface area contributed by atoms with Crippen LogP contribution in [-0.4, -0.2) is 18.1 Å². The van der Waals surface area contributed by atoms with Crippen LogP contribution in [0.1, 0.15) is 18.9 Å². The van der Waals surface area contributed by atoms with Crippen molar-refractivity contribution in [2.24, 2.45) is 5.92 Å². The Hall–Kier alpha value is -1.05. The highest BCUT2D eigenvalue weighted by Crippen LogP contribution is 2.21. The van der Waals surface area contributed by atoms with Crippen LogP contribution < -0.4 is 4.90 Å². The molecule has 0 N–H and O–H groups in total. The Kier molecular flexibility index (Phi) is 2.21. The molecule has 0 bridgehead atoms. The van der Waals surface area contributed by atoms with Crippen LogP contribution in [0.3, 0.4) is 0 Å². The van der Waals surface area contributed by atoms with Crippen molar-refractivity contribution in [3.8, 4) is 0 Å². The third kappa shape index (κ3) is 1.82. The zero-order chi connectivity index (χ0) is 9.26. The first-order valence-electron chi connectivity index (χ1n) is 4.93. The minimum absolute atomic E-state index is 0.822. The summed E-state index contributed by atoms with van der Waals surface area (Å²) in [5.74, 6) is 1.96. The van der Waals surface area contributed by atoms with E-state index in [4.69, 9.17) is 0 Å². The highest BCUT2D eigenvalue weighted by atomic mass is 15.2. The summed E-state index contributed by atoms with van der Waals surface area (Å²) in [6, 6.07) is 4.21. The van der Waals surface area contributed by atoms with Gasteiger partial charge in [0.05, 0.1) is 0 Å². The molecule has 1 aliphatic rings. The molecule has 2 heteroatoms. The monoisotopic (exact) mass is 176 g/mol. The Balaban J connectivity index is 2.16. The predicted octanol–water partition coefficient (Wildman–Crippen LogP) is 2.24. The van der Waals surface area contributed by atoms with E-state index < -0.39 is 0 Å². The molecule has 2 rings (SSSR count). The average molecular weight is 176 g/mol. The van der Waals surface area contributed by atoms with Crippen molar-refractivity contribution in [3.63, 3.8) is 0 Å². The molecule has 2 heterocycles. The highest BCUT2D eigenvalue weighted by Gasteiger charge is 2.19. The van der Waals surface area contributed by atoms with Gasteiger partial charge in [-0.25, -0.2) is 4.98 Å². The largest absolute Gasteiger partial charge is 0.356 e. The molecule has 0 aliphatic carbocycles. The van der Waals surface area contributed by atoms with Crippen molar-refractivity contribution < 1.29 is 0 Å². The normalized spacial score (nSPS) is 22.3. The van der Waals surface area contributed by atoms with Crippen LogP contribution in [0.15, 0.2) is 18.3 Å². The lowest BCUT2D eigenvalue weighted by Crippen LogP contribution is -2.20. The van der Waals surface area contributed by atoms with Crippen LogP contribution in [0, 0.1) is 12.8 Å². The summed E-state index contributed by atoms with van der Waals surface area (Å²) >= 11 is 0. The fourth-order valence-corrected chi connectivity index (χ4v) is 1.84. The quantitative estimate of drug-likeness (QED) is 0.652. The van der Waals surface area contributed by atoms with Gasteiger partial charge >= 0.3 is 0 Å². The molecule has 0 aromatic carbocycles. The number of aromatic nitrogens is 1. The van der Waals surface area contributed by atoms with Crippen LogP contribution in [0.5, 0.6) is 0 Å². The van der Waals surface area contributed by atoms with E-state index in [2.05, 4.69) is 29.8 Å². The van der Waals surface area contributed by atoms with E-state index in [-0.39, 0.29) is 0 Å². The molecule has 1 atom stereocenters. The smallest absolute Gasteiger partial charge is 0.128 e. The van der Waals surface area contributed by atoms with E-state index in [1.807, 2.05) is 12.3 Å². The lowest BCUT2D eigenvalue weighted by molar-refractivity contribution is 0.659. The first-order chi connectivity index (χ1) is 6.25. The zero-order valence-electron chi connectivity index (χ0n) is 8.33. The lowest BCUT2D eigenvalue weighted by Gasteiger charge is -2.16. The first-order valence-corrected chi connectivity index (χ1v) is 4.93. The summed E-state index contributed by atoms with van der Waals surface area (Å²) in [7, 11) is 0. The number of hydrogen-bond acceptors (Lipinski definition) is 2. The maximum Gasteiger partial charge on any atom is 0.128 e. The molecular weight excluding hydrogens is 160 g/mol. The summed E-state index contributed by atoms with van der Waals surface area (Å²) in [5, 5.41) is 0. The van der Waals surface area contributed by atoms with Crippen molar-refractivity contribution in [2.45, 2.75) is 20.3 Å². The minimum Gasteiger partial charge on any atom is -0.356 e. The van der Waals surface area contributed by atoms with E-state index in [1.165, 1.54) is 12.0 Å². The van der Waals surface area contributed by atoms with Crippen molar-refractivity contribution in [1.82, 2.24) is 4.98 Å². The SMILES string of the molecule is Cc1ccnc(N2CC[C@H](C)C2)c1. The number of nitrogens with zero attached hydrogens (tertiary/aromatic N) is 2. The van der Waals surface area contributed by atoms with Gasteiger partial charge in [0, 0.05) is 19.3 Å². The summed E-state index contributed by atoms with van der Waals surface area (Å²) in [6.07, 6.45) is 3.20. The van der Waals surface area contributed by atoms with Gasteiger partial charge in [0.1, 0.15) is 5.82 Å². The van der Waals surface area contributed by atoms with Crippen molar-refractivity contribution in [1.29, 1.82) is 0 Å². The molecule has 1 fully saturated rings.